The second-order valence-corrected chi connectivity index (χ2v) is 6.48. The van der Waals surface area contributed by atoms with Crippen LogP contribution in [-0.2, 0) is 13.1 Å². The summed E-state index contributed by atoms with van der Waals surface area (Å²) in [6.45, 7) is 1.18. The Labute approximate surface area is 130 Å². The second-order valence-electron chi connectivity index (χ2n) is 4.41. The van der Waals surface area contributed by atoms with E-state index in [0.717, 1.165) is 9.75 Å². The lowest BCUT2D eigenvalue weighted by molar-refractivity contribution is 0.0727. The number of nitrogens with zero attached hydrogens (tertiary/aromatic N) is 3. The third-order valence-electron chi connectivity index (χ3n) is 2.92. The number of amides is 1. The van der Waals surface area contributed by atoms with Gasteiger partial charge in [0.2, 0.25) is 0 Å². The van der Waals surface area contributed by atoms with Crippen LogP contribution in [0.1, 0.15) is 20.2 Å². The average molecular weight is 315 g/mol. The Morgan fingerprint density at radius 1 is 1.05 bits per heavy atom. The first-order valence-electron chi connectivity index (χ1n) is 6.43. The predicted octanol–water partition coefficient (Wildman–Crippen LogP) is 3.44. The van der Waals surface area contributed by atoms with Crippen LogP contribution in [0.15, 0.2) is 53.6 Å². The third-order valence-corrected chi connectivity index (χ3v) is 4.65. The molecule has 21 heavy (non-hydrogen) atoms. The minimum Gasteiger partial charge on any atom is -0.327 e. The highest BCUT2D eigenvalue weighted by Crippen LogP contribution is 2.18. The van der Waals surface area contributed by atoms with Crippen LogP contribution in [0.2, 0.25) is 0 Å². The molecule has 0 aromatic carbocycles. The highest BCUT2D eigenvalue weighted by Gasteiger charge is 2.18. The summed E-state index contributed by atoms with van der Waals surface area (Å²) in [5.74, 6) is -0.0927. The first kappa shape index (κ1) is 13.9. The van der Waals surface area contributed by atoms with Crippen LogP contribution < -0.4 is 0 Å². The van der Waals surface area contributed by atoms with Crippen molar-refractivity contribution < 1.29 is 4.79 Å². The number of aromatic nitrogens is 2. The summed E-state index contributed by atoms with van der Waals surface area (Å²) < 4.78 is 0. The van der Waals surface area contributed by atoms with Crippen LogP contribution in [0, 0.1) is 0 Å². The fraction of sp³-hybridized carbons (Fsp3) is 0.133. The van der Waals surface area contributed by atoms with E-state index in [9.17, 15) is 4.79 Å². The van der Waals surface area contributed by atoms with Gasteiger partial charge in [0, 0.05) is 22.1 Å². The van der Waals surface area contributed by atoms with E-state index in [0.29, 0.717) is 18.8 Å². The number of carbonyl (C=O) groups is 1. The van der Waals surface area contributed by atoms with Crippen LogP contribution in [0.3, 0.4) is 0 Å². The van der Waals surface area contributed by atoms with Gasteiger partial charge in [-0.2, -0.15) is 0 Å². The monoisotopic (exact) mass is 315 g/mol. The van der Waals surface area contributed by atoms with Crippen molar-refractivity contribution >= 4 is 28.6 Å². The fourth-order valence-corrected chi connectivity index (χ4v) is 3.39. The minimum atomic E-state index is -0.0927. The molecule has 4 nitrogen and oxygen atoms in total. The molecule has 0 unspecified atom stereocenters. The summed E-state index contributed by atoms with van der Waals surface area (Å²) in [5.41, 5.74) is 0.380. The van der Waals surface area contributed by atoms with Crippen molar-refractivity contribution in [3.63, 3.8) is 0 Å². The largest absolute Gasteiger partial charge is 0.327 e. The summed E-state index contributed by atoms with van der Waals surface area (Å²) in [5, 5.41) is 4.04. The number of rotatable bonds is 5. The van der Waals surface area contributed by atoms with E-state index in [1.165, 1.54) is 6.20 Å². The second kappa shape index (κ2) is 6.60. The summed E-state index contributed by atoms with van der Waals surface area (Å²) in [4.78, 5) is 24.8. The smallest absolute Gasteiger partial charge is 0.274 e. The zero-order valence-electron chi connectivity index (χ0n) is 11.2. The first-order chi connectivity index (χ1) is 10.3. The van der Waals surface area contributed by atoms with Gasteiger partial charge in [0.25, 0.3) is 5.91 Å². The van der Waals surface area contributed by atoms with Crippen LogP contribution in [0.25, 0.3) is 0 Å². The van der Waals surface area contributed by atoms with E-state index in [1.54, 1.807) is 35.1 Å². The van der Waals surface area contributed by atoms with Gasteiger partial charge in [-0.05, 0) is 22.9 Å². The van der Waals surface area contributed by atoms with Gasteiger partial charge >= 0.3 is 0 Å². The molecule has 0 N–H and O–H groups in total. The SMILES string of the molecule is O=C(c1cnccn1)N(Cc1cccs1)Cc1cccs1. The Morgan fingerprint density at radius 3 is 2.19 bits per heavy atom. The molecule has 0 radical (unpaired) electrons. The molecule has 0 saturated heterocycles. The van der Waals surface area contributed by atoms with Crippen molar-refractivity contribution in [1.82, 2.24) is 14.9 Å². The number of hydrogen-bond donors (Lipinski definition) is 0. The maximum absolute atomic E-state index is 12.6. The van der Waals surface area contributed by atoms with E-state index in [2.05, 4.69) is 9.97 Å². The van der Waals surface area contributed by atoms with Crippen molar-refractivity contribution in [1.29, 1.82) is 0 Å². The summed E-state index contributed by atoms with van der Waals surface area (Å²) in [7, 11) is 0. The van der Waals surface area contributed by atoms with Gasteiger partial charge in [-0.15, -0.1) is 22.7 Å². The molecule has 3 aromatic rings. The number of hydrogen-bond acceptors (Lipinski definition) is 5. The molecule has 0 spiro atoms. The molecule has 3 rings (SSSR count). The van der Waals surface area contributed by atoms with Crippen LogP contribution >= 0.6 is 22.7 Å². The average Bonchev–Trinajstić information content (AvgIpc) is 3.20. The fourth-order valence-electron chi connectivity index (χ4n) is 1.95. The molecule has 0 fully saturated rings. The Balaban J connectivity index is 1.82. The highest BCUT2D eigenvalue weighted by atomic mass is 32.1. The molecule has 1 amide bonds. The van der Waals surface area contributed by atoms with E-state index >= 15 is 0 Å². The molecule has 3 aromatic heterocycles. The molecule has 6 heteroatoms. The standard InChI is InChI=1S/C15H13N3OS2/c19-15(14-9-16-5-6-17-14)18(10-12-3-1-7-20-12)11-13-4-2-8-21-13/h1-9H,10-11H2. The van der Waals surface area contributed by atoms with Crippen LogP contribution in [0.4, 0.5) is 0 Å². The van der Waals surface area contributed by atoms with Gasteiger partial charge < -0.3 is 4.90 Å². The predicted molar refractivity (Wildman–Crippen MR) is 84.2 cm³/mol. The molecular weight excluding hydrogens is 302 g/mol. The normalized spacial score (nSPS) is 10.5. The molecule has 3 heterocycles. The Bertz CT molecular complexity index is 645. The first-order valence-corrected chi connectivity index (χ1v) is 8.19. The lowest BCUT2D eigenvalue weighted by Crippen LogP contribution is -2.30. The summed E-state index contributed by atoms with van der Waals surface area (Å²) >= 11 is 3.30. The van der Waals surface area contributed by atoms with E-state index in [1.807, 2.05) is 39.9 Å². The van der Waals surface area contributed by atoms with Crippen molar-refractivity contribution in [3.8, 4) is 0 Å². The molecule has 106 valence electrons. The van der Waals surface area contributed by atoms with Gasteiger partial charge in [-0.25, -0.2) is 4.98 Å². The quantitative estimate of drug-likeness (QED) is 0.724. The molecule has 0 atom stereocenters. The Morgan fingerprint density at radius 2 is 1.71 bits per heavy atom. The Kier molecular flexibility index (Phi) is 4.37. The zero-order valence-corrected chi connectivity index (χ0v) is 12.8. The van der Waals surface area contributed by atoms with Crippen molar-refractivity contribution in [2.24, 2.45) is 0 Å². The summed E-state index contributed by atoms with van der Waals surface area (Å²) in [6.07, 6.45) is 4.62. The van der Waals surface area contributed by atoms with Crippen molar-refractivity contribution in [3.05, 3.63) is 69.1 Å². The Hall–Kier alpha value is -2.05. The lowest BCUT2D eigenvalue weighted by atomic mass is 10.3. The van der Waals surface area contributed by atoms with Crippen LogP contribution in [0.5, 0.6) is 0 Å². The number of carbonyl (C=O) groups excluding carboxylic acids is 1. The molecule has 0 saturated carbocycles. The maximum atomic E-state index is 12.6. The third kappa shape index (κ3) is 3.53. The van der Waals surface area contributed by atoms with Gasteiger partial charge in [0.15, 0.2) is 0 Å². The maximum Gasteiger partial charge on any atom is 0.274 e. The van der Waals surface area contributed by atoms with Gasteiger partial charge in [-0.1, -0.05) is 12.1 Å². The highest BCUT2D eigenvalue weighted by molar-refractivity contribution is 7.10. The van der Waals surface area contributed by atoms with E-state index in [-0.39, 0.29) is 5.91 Å². The van der Waals surface area contributed by atoms with E-state index < -0.39 is 0 Å². The molecular formula is C15H13N3OS2. The molecule has 0 aliphatic heterocycles. The molecule has 0 aliphatic rings. The van der Waals surface area contributed by atoms with Gasteiger partial charge in [0.05, 0.1) is 19.3 Å². The van der Waals surface area contributed by atoms with Crippen molar-refractivity contribution in [2.45, 2.75) is 13.1 Å². The molecule has 0 bridgehead atoms. The topological polar surface area (TPSA) is 46.1 Å². The van der Waals surface area contributed by atoms with Crippen molar-refractivity contribution in [2.75, 3.05) is 0 Å². The van der Waals surface area contributed by atoms with Crippen LogP contribution in [-0.4, -0.2) is 20.8 Å². The number of thiophene rings is 2. The van der Waals surface area contributed by atoms with Gasteiger partial charge in [0.1, 0.15) is 5.69 Å². The lowest BCUT2D eigenvalue weighted by Gasteiger charge is -2.21. The van der Waals surface area contributed by atoms with E-state index in [4.69, 9.17) is 0 Å². The van der Waals surface area contributed by atoms with Gasteiger partial charge in [-0.3, -0.25) is 9.78 Å². The minimum absolute atomic E-state index is 0.0927. The zero-order chi connectivity index (χ0) is 14.5. The summed E-state index contributed by atoms with van der Waals surface area (Å²) in [6, 6.07) is 8.07. The molecule has 0 aliphatic carbocycles.